The van der Waals surface area contributed by atoms with E-state index in [-0.39, 0.29) is 12.2 Å². The molecule has 2 N–H and O–H groups in total. The fourth-order valence-corrected chi connectivity index (χ4v) is 3.42. The number of nitrogens with zero attached hydrogens (tertiary/aromatic N) is 2. The van der Waals surface area contributed by atoms with Gasteiger partial charge in [-0.05, 0) is 25.0 Å². The fraction of sp³-hybridized carbons (Fsp3) is 0.400. The zero-order valence-electron chi connectivity index (χ0n) is 14.4. The highest BCUT2D eigenvalue weighted by atomic mass is 16.3. The van der Waals surface area contributed by atoms with Crippen molar-refractivity contribution in [3.8, 4) is 0 Å². The van der Waals surface area contributed by atoms with E-state index in [1.807, 2.05) is 36.4 Å². The lowest BCUT2D eigenvalue weighted by molar-refractivity contribution is 0.165. The second-order valence-electron chi connectivity index (χ2n) is 6.57. The molecule has 0 aliphatic carbocycles. The van der Waals surface area contributed by atoms with Crippen molar-refractivity contribution in [1.29, 1.82) is 0 Å². The van der Waals surface area contributed by atoms with E-state index in [0.29, 0.717) is 0 Å². The van der Waals surface area contributed by atoms with Gasteiger partial charge in [0.25, 0.3) is 0 Å². The zero-order valence-corrected chi connectivity index (χ0v) is 14.4. The predicted octanol–water partition coefficient (Wildman–Crippen LogP) is 3.12. The molecule has 2 heterocycles. The van der Waals surface area contributed by atoms with Crippen molar-refractivity contribution in [2.75, 3.05) is 37.0 Å². The number of para-hydroxylation sites is 2. The number of hydrogen-bond donors (Lipinski definition) is 2. The Morgan fingerprint density at radius 3 is 1.46 bits per heavy atom. The molecule has 0 amide bonds. The summed E-state index contributed by atoms with van der Waals surface area (Å²) in [5.74, 6) is 0. The molecule has 0 saturated carbocycles. The van der Waals surface area contributed by atoms with Crippen LogP contribution in [-0.2, 0) is 0 Å². The minimum absolute atomic E-state index is 0.266. The van der Waals surface area contributed by atoms with Crippen LogP contribution < -0.4 is 9.80 Å². The Balaban J connectivity index is 0.000000141. The minimum atomic E-state index is -0.266. The third-order valence-electron chi connectivity index (χ3n) is 4.89. The molecular weight excluding hydrogens is 300 g/mol. The molecule has 0 fully saturated rings. The van der Waals surface area contributed by atoms with Crippen molar-refractivity contribution in [3.05, 3.63) is 59.7 Å². The van der Waals surface area contributed by atoms with Gasteiger partial charge in [-0.15, -0.1) is 0 Å². The van der Waals surface area contributed by atoms with Crippen LogP contribution in [0.4, 0.5) is 11.4 Å². The van der Waals surface area contributed by atoms with Gasteiger partial charge in [-0.3, -0.25) is 0 Å². The van der Waals surface area contributed by atoms with Crippen molar-refractivity contribution < 1.29 is 10.2 Å². The Labute approximate surface area is 144 Å². The van der Waals surface area contributed by atoms with Crippen LogP contribution in [0.1, 0.15) is 36.2 Å². The zero-order chi connectivity index (χ0) is 17.1. The van der Waals surface area contributed by atoms with Gasteiger partial charge in [-0.2, -0.15) is 0 Å². The third kappa shape index (κ3) is 3.40. The van der Waals surface area contributed by atoms with Crippen LogP contribution >= 0.6 is 0 Å². The first-order valence-electron chi connectivity index (χ1n) is 8.54. The normalized spacial score (nSPS) is 22.2. The molecule has 0 aromatic heterocycles. The summed E-state index contributed by atoms with van der Waals surface area (Å²) in [6, 6.07) is 16.1. The van der Waals surface area contributed by atoms with E-state index in [1.54, 1.807) is 0 Å². The highest BCUT2D eigenvalue weighted by Gasteiger charge is 2.20. The van der Waals surface area contributed by atoms with E-state index in [1.165, 1.54) is 0 Å². The first kappa shape index (κ1) is 16.8. The average molecular weight is 326 g/mol. The number of aliphatic hydroxyl groups is 2. The molecule has 2 aromatic rings. The summed E-state index contributed by atoms with van der Waals surface area (Å²) < 4.78 is 0. The van der Waals surface area contributed by atoms with Gasteiger partial charge < -0.3 is 20.0 Å². The summed E-state index contributed by atoms with van der Waals surface area (Å²) in [4.78, 5) is 4.37. The molecule has 2 aliphatic heterocycles. The van der Waals surface area contributed by atoms with E-state index in [2.05, 4.69) is 36.0 Å². The van der Waals surface area contributed by atoms with Crippen LogP contribution in [0.3, 0.4) is 0 Å². The topological polar surface area (TPSA) is 46.9 Å². The molecule has 128 valence electrons. The van der Waals surface area contributed by atoms with Gasteiger partial charge in [0.15, 0.2) is 0 Å². The number of aliphatic hydroxyl groups excluding tert-OH is 2. The highest BCUT2D eigenvalue weighted by Crippen LogP contribution is 2.32. The first-order valence-corrected chi connectivity index (χ1v) is 8.54. The third-order valence-corrected chi connectivity index (χ3v) is 4.89. The predicted molar refractivity (Wildman–Crippen MR) is 98.6 cm³/mol. The minimum Gasteiger partial charge on any atom is -0.388 e. The van der Waals surface area contributed by atoms with Crippen molar-refractivity contribution in [2.24, 2.45) is 0 Å². The van der Waals surface area contributed by atoms with Gasteiger partial charge in [0.1, 0.15) is 0 Å². The summed E-state index contributed by atoms with van der Waals surface area (Å²) in [6.45, 7) is 1.89. The standard InChI is InChI=1S/2C10H13NO/c2*1-11-7-6-10(12)8-4-2-3-5-9(8)11/h2*2-5,10,12H,6-7H2,1H3/t2*10-/m10/s1. The Morgan fingerprint density at radius 2 is 1.08 bits per heavy atom. The van der Waals surface area contributed by atoms with Crippen LogP contribution in [0, 0.1) is 0 Å². The van der Waals surface area contributed by atoms with Crippen LogP contribution in [-0.4, -0.2) is 37.4 Å². The molecule has 0 bridgehead atoms. The van der Waals surface area contributed by atoms with Crippen molar-refractivity contribution in [2.45, 2.75) is 25.0 Å². The molecular formula is C20H26N2O2. The molecule has 4 heteroatoms. The lowest BCUT2D eigenvalue weighted by Crippen LogP contribution is -2.26. The molecule has 0 unspecified atom stereocenters. The van der Waals surface area contributed by atoms with E-state index < -0.39 is 0 Å². The number of benzene rings is 2. The van der Waals surface area contributed by atoms with Crippen molar-refractivity contribution in [1.82, 2.24) is 0 Å². The van der Waals surface area contributed by atoms with Gasteiger partial charge in [-0.1, -0.05) is 36.4 Å². The molecule has 0 spiro atoms. The fourth-order valence-electron chi connectivity index (χ4n) is 3.42. The number of hydrogen-bond acceptors (Lipinski definition) is 4. The first-order chi connectivity index (χ1) is 11.6. The lowest BCUT2D eigenvalue weighted by atomic mass is 10.00. The molecule has 24 heavy (non-hydrogen) atoms. The van der Waals surface area contributed by atoms with Crippen LogP contribution in [0.2, 0.25) is 0 Å². The number of fused-ring (bicyclic) bond motifs is 2. The molecule has 4 rings (SSSR count). The van der Waals surface area contributed by atoms with Gasteiger partial charge >= 0.3 is 0 Å². The highest BCUT2D eigenvalue weighted by molar-refractivity contribution is 5.56. The molecule has 2 atom stereocenters. The quantitative estimate of drug-likeness (QED) is 0.781. The molecule has 2 aliphatic rings. The van der Waals surface area contributed by atoms with Crippen molar-refractivity contribution in [3.63, 3.8) is 0 Å². The summed E-state index contributed by atoms with van der Waals surface area (Å²) in [5, 5.41) is 19.3. The maximum Gasteiger partial charge on any atom is 0.0826 e. The summed E-state index contributed by atoms with van der Waals surface area (Å²) >= 11 is 0. The number of rotatable bonds is 0. The molecule has 0 radical (unpaired) electrons. The van der Waals surface area contributed by atoms with E-state index in [9.17, 15) is 10.2 Å². The van der Waals surface area contributed by atoms with Gasteiger partial charge in [0, 0.05) is 49.7 Å². The van der Waals surface area contributed by atoms with Crippen molar-refractivity contribution >= 4 is 11.4 Å². The summed E-state index contributed by atoms with van der Waals surface area (Å²) in [5.41, 5.74) is 4.45. The molecule has 4 nitrogen and oxygen atoms in total. The Kier molecular flexibility index (Phi) is 5.07. The molecule has 0 saturated heterocycles. The van der Waals surface area contributed by atoms with E-state index in [0.717, 1.165) is 48.4 Å². The van der Waals surface area contributed by atoms with Gasteiger partial charge in [0.05, 0.1) is 12.2 Å². The van der Waals surface area contributed by atoms with E-state index in [4.69, 9.17) is 0 Å². The number of anilines is 2. The smallest absolute Gasteiger partial charge is 0.0826 e. The van der Waals surface area contributed by atoms with Crippen LogP contribution in [0.25, 0.3) is 0 Å². The van der Waals surface area contributed by atoms with Gasteiger partial charge in [0.2, 0.25) is 0 Å². The monoisotopic (exact) mass is 326 g/mol. The maximum atomic E-state index is 9.65. The summed E-state index contributed by atoms with van der Waals surface area (Å²) in [6.07, 6.45) is 1.15. The van der Waals surface area contributed by atoms with E-state index >= 15 is 0 Å². The SMILES string of the molecule is CN1CC[C@@H](O)c2ccccc21.CN1CC[C@H](O)c2ccccc21. The Bertz CT molecular complexity index is 571. The van der Waals surface area contributed by atoms with Crippen LogP contribution in [0.5, 0.6) is 0 Å². The average Bonchev–Trinajstić information content (AvgIpc) is 2.63. The van der Waals surface area contributed by atoms with Gasteiger partial charge in [-0.25, -0.2) is 0 Å². The Morgan fingerprint density at radius 1 is 0.708 bits per heavy atom. The second-order valence-corrected chi connectivity index (χ2v) is 6.57. The maximum absolute atomic E-state index is 9.65. The van der Waals surface area contributed by atoms with Crippen LogP contribution in [0.15, 0.2) is 48.5 Å². The second kappa shape index (κ2) is 7.24. The largest absolute Gasteiger partial charge is 0.388 e. The summed E-state index contributed by atoms with van der Waals surface area (Å²) in [7, 11) is 4.12. The Hall–Kier alpha value is -2.04. The lowest BCUT2D eigenvalue weighted by Gasteiger charge is -2.30. The molecule has 2 aromatic carbocycles.